The van der Waals surface area contributed by atoms with Crippen molar-refractivity contribution in [2.75, 3.05) is 26.2 Å². The summed E-state index contributed by atoms with van der Waals surface area (Å²) >= 11 is 0. The van der Waals surface area contributed by atoms with Gasteiger partial charge in [-0.2, -0.15) is 0 Å². The number of ether oxygens (including phenoxy) is 1. The summed E-state index contributed by atoms with van der Waals surface area (Å²) in [6, 6.07) is 14.8. The molecule has 0 saturated carbocycles. The van der Waals surface area contributed by atoms with Gasteiger partial charge in [-0.3, -0.25) is 0 Å². The quantitative estimate of drug-likeness (QED) is 0.524. The number of nitrogens with two attached hydrogens (primary N) is 1. The second-order valence-corrected chi connectivity index (χ2v) is 8.85. The highest BCUT2D eigenvalue weighted by atomic mass is 79.9. The van der Waals surface area contributed by atoms with Gasteiger partial charge in [0.05, 0.1) is 12.2 Å². The number of hydrogen-bond donors (Lipinski definition) is 2. The van der Waals surface area contributed by atoms with Crippen LogP contribution in [-0.2, 0) is 11.2 Å². The Labute approximate surface area is 207 Å². The summed E-state index contributed by atoms with van der Waals surface area (Å²) in [5.74, 6) is 1.51. The molecule has 2 aromatic carbocycles. The summed E-state index contributed by atoms with van der Waals surface area (Å²) in [5.41, 5.74) is 10.5. The van der Waals surface area contributed by atoms with Crippen molar-refractivity contribution < 1.29 is 9.84 Å². The molecule has 6 heteroatoms. The monoisotopic (exact) mass is 554 g/mol. The number of phenolic OH excluding ortho intramolecular Hbond substituents is 1. The fourth-order valence-corrected chi connectivity index (χ4v) is 5.06. The van der Waals surface area contributed by atoms with Crippen molar-refractivity contribution in [3.8, 4) is 5.75 Å². The molecule has 2 aliphatic rings. The highest BCUT2D eigenvalue weighted by molar-refractivity contribution is 8.93. The van der Waals surface area contributed by atoms with Gasteiger partial charge >= 0.3 is 0 Å². The average molecular weight is 556 g/mol. The van der Waals surface area contributed by atoms with Crippen LogP contribution in [0.4, 0.5) is 0 Å². The summed E-state index contributed by atoms with van der Waals surface area (Å²) in [6.07, 6.45) is 3.13. The lowest BCUT2D eigenvalue weighted by atomic mass is 9.82. The van der Waals surface area contributed by atoms with Crippen molar-refractivity contribution >= 4 is 34.0 Å². The van der Waals surface area contributed by atoms with Crippen LogP contribution in [0, 0.1) is 12.8 Å². The number of aromatic hydroxyl groups is 1. The van der Waals surface area contributed by atoms with Crippen LogP contribution in [0.5, 0.6) is 5.75 Å². The molecule has 2 aromatic rings. The molecule has 172 valence electrons. The molecule has 0 radical (unpaired) electrons. The third-order valence-corrected chi connectivity index (χ3v) is 6.88. The molecular weight excluding hydrogens is 520 g/mol. The van der Waals surface area contributed by atoms with Gasteiger partial charge in [-0.15, -0.1) is 34.0 Å². The van der Waals surface area contributed by atoms with Crippen LogP contribution in [-0.4, -0.2) is 42.3 Å². The molecule has 2 heterocycles. The molecule has 1 saturated heterocycles. The second kappa shape index (κ2) is 11.8. The first-order chi connectivity index (χ1) is 14.1. The lowest BCUT2D eigenvalue weighted by molar-refractivity contribution is -0.0648. The van der Waals surface area contributed by atoms with E-state index in [0.717, 1.165) is 55.6 Å². The van der Waals surface area contributed by atoms with Crippen LogP contribution in [0.25, 0.3) is 0 Å². The Bertz CT molecular complexity index is 826. The SMILES string of the molecule is Br.Br.Cc1ccc2c(c1O)C[C@@H](C1CCN(CC(C)c3ccccc3)CC1)O[C@H]2CN. The molecule has 4 rings (SSSR count). The Morgan fingerprint density at radius 2 is 1.77 bits per heavy atom. The topological polar surface area (TPSA) is 58.7 Å². The molecule has 3 atom stereocenters. The Morgan fingerprint density at radius 3 is 2.42 bits per heavy atom. The number of benzene rings is 2. The molecule has 0 aliphatic carbocycles. The zero-order chi connectivity index (χ0) is 20.4. The fraction of sp³-hybridized carbons (Fsp3) is 0.520. The molecule has 0 bridgehead atoms. The molecule has 31 heavy (non-hydrogen) atoms. The van der Waals surface area contributed by atoms with E-state index in [1.807, 2.05) is 13.0 Å². The van der Waals surface area contributed by atoms with Gasteiger partial charge in [-0.1, -0.05) is 49.4 Å². The standard InChI is InChI=1S/C25H34N2O2.2BrH/c1-17-8-9-21-22(25(17)28)14-23(29-24(21)15-26)20-10-12-27(13-11-20)16-18(2)19-6-4-3-5-7-19;;/h3-9,18,20,23-24,28H,10-16,26H2,1-2H3;2*1H/t18?,23-,24-;;/m0../s1. The average Bonchev–Trinajstić information content (AvgIpc) is 2.77. The Morgan fingerprint density at radius 1 is 1.10 bits per heavy atom. The fourth-order valence-electron chi connectivity index (χ4n) is 5.06. The van der Waals surface area contributed by atoms with Gasteiger partial charge in [0, 0.05) is 25.1 Å². The van der Waals surface area contributed by atoms with Crippen LogP contribution < -0.4 is 5.73 Å². The Kier molecular flexibility index (Phi) is 10.0. The third-order valence-electron chi connectivity index (χ3n) is 6.88. The Balaban J connectivity index is 0.00000171. The number of halogens is 2. The lowest BCUT2D eigenvalue weighted by Crippen LogP contribution is -2.43. The lowest BCUT2D eigenvalue weighted by Gasteiger charge is -2.41. The molecule has 0 amide bonds. The van der Waals surface area contributed by atoms with Gasteiger partial charge in [-0.25, -0.2) is 0 Å². The number of nitrogens with zero attached hydrogens (tertiary/aromatic N) is 1. The van der Waals surface area contributed by atoms with E-state index in [9.17, 15) is 5.11 Å². The van der Waals surface area contributed by atoms with Gasteiger partial charge in [0.2, 0.25) is 0 Å². The van der Waals surface area contributed by atoms with Crippen LogP contribution in [0.2, 0.25) is 0 Å². The van der Waals surface area contributed by atoms with E-state index in [2.05, 4.69) is 48.2 Å². The van der Waals surface area contributed by atoms with E-state index in [0.29, 0.717) is 24.1 Å². The second-order valence-electron chi connectivity index (χ2n) is 8.85. The minimum atomic E-state index is -0.105. The summed E-state index contributed by atoms with van der Waals surface area (Å²) in [4.78, 5) is 2.59. The smallest absolute Gasteiger partial charge is 0.122 e. The number of phenols is 1. The van der Waals surface area contributed by atoms with Crippen molar-refractivity contribution in [3.05, 3.63) is 64.7 Å². The molecule has 3 N–H and O–H groups in total. The minimum absolute atomic E-state index is 0. The van der Waals surface area contributed by atoms with Crippen molar-refractivity contribution in [2.24, 2.45) is 11.7 Å². The number of piperidine rings is 1. The first kappa shape index (κ1) is 26.3. The van der Waals surface area contributed by atoms with E-state index in [1.165, 1.54) is 5.56 Å². The van der Waals surface area contributed by atoms with Gasteiger partial charge in [0.15, 0.2) is 0 Å². The number of likely N-dealkylation sites (tertiary alicyclic amines) is 1. The highest BCUT2D eigenvalue weighted by Gasteiger charge is 2.35. The van der Waals surface area contributed by atoms with E-state index >= 15 is 0 Å². The predicted molar refractivity (Wildman–Crippen MR) is 138 cm³/mol. The molecule has 0 aromatic heterocycles. The first-order valence-electron chi connectivity index (χ1n) is 11.0. The van der Waals surface area contributed by atoms with Crippen LogP contribution in [0.1, 0.15) is 54.0 Å². The summed E-state index contributed by atoms with van der Waals surface area (Å²) < 4.78 is 6.43. The largest absolute Gasteiger partial charge is 0.507 e. The number of aryl methyl sites for hydroxylation is 1. The van der Waals surface area contributed by atoms with E-state index in [1.54, 1.807) is 0 Å². The van der Waals surface area contributed by atoms with Gasteiger partial charge in [0.1, 0.15) is 5.75 Å². The maximum Gasteiger partial charge on any atom is 0.122 e. The van der Waals surface area contributed by atoms with Gasteiger partial charge < -0.3 is 20.5 Å². The molecule has 1 fully saturated rings. The number of rotatable bonds is 5. The van der Waals surface area contributed by atoms with E-state index < -0.39 is 0 Å². The van der Waals surface area contributed by atoms with Crippen LogP contribution in [0.15, 0.2) is 42.5 Å². The zero-order valence-corrected chi connectivity index (χ0v) is 21.9. The Hall–Kier alpha value is -0.920. The number of hydrogen-bond acceptors (Lipinski definition) is 4. The molecule has 0 spiro atoms. The first-order valence-corrected chi connectivity index (χ1v) is 11.0. The zero-order valence-electron chi connectivity index (χ0n) is 18.5. The predicted octanol–water partition coefficient (Wildman–Crippen LogP) is 5.31. The van der Waals surface area contributed by atoms with Gasteiger partial charge in [0.25, 0.3) is 0 Å². The van der Waals surface area contributed by atoms with Crippen molar-refractivity contribution in [1.29, 1.82) is 0 Å². The third kappa shape index (κ3) is 5.91. The summed E-state index contributed by atoms with van der Waals surface area (Å²) in [7, 11) is 0. The van der Waals surface area contributed by atoms with Gasteiger partial charge in [-0.05, 0) is 61.4 Å². The van der Waals surface area contributed by atoms with Crippen molar-refractivity contribution in [2.45, 2.75) is 51.2 Å². The number of fused-ring (bicyclic) bond motifs is 1. The van der Waals surface area contributed by atoms with Crippen LogP contribution >= 0.6 is 34.0 Å². The minimum Gasteiger partial charge on any atom is -0.507 e. The van der Waals surface area contributed by atoms with Crippen molar-refractivity contribution in [1.82, 2.24) is 4.90 Å². The molecule has 4 nitrogen and oxygen atoms in total. The van der Waals surface area contributed by atoms with Crippen molar-refractivity contribution in [3.63, 3.8) is 0 Å². The normalized spacial score (nSPS) is 22.7. The van der Waals surface area contributed by atoms with Crippen LogP contribution in [0.3, 0.4) is 0 Å². The van der Waals surface area contributed by atoms with E-state index in [-0.39, 0.29) is 46.2 Å². The summed E-state index contributed by atoms with van der Waals surface area (Å²) in [6.45, 7) is 8.07. The molecule has 1 unspecified atom stereocenters. The highest BCUT2D eigenvalue weighted by Crippen LogP contribution is 2.40. The summed E-state index contributed by atoms with van der Waals surface area (Å²) in [5, 5.41) is 10.6. The molecular formula is C25H36Br2N2O2. The molecule has 2 aliphatic heterocycles. The van der Waals surface area contributed by atoms with E-state index in [4.69, 9.17) is 10.5 Å². The maximum atomic E-state index is 10.6. The maximum absolute atomic E-state index is 10.6.